The lowest BCUT2D eigenvalue weighted by Crippen LogP contribution is -2.48. The Morgan fingerprint density at radius 1 is 1.27 bits per heavy atom. The molecule has 1 unspecified atom stereocenters. The average Bonchev–Trinajstić information content (AvgIpc) is 3.54. The fourth-order valence-electron chi connectivity index (χ4n) is 6.61. The summed E-state index contributed by atoms with van der Waals surface area (Å²) in [5.74, 6) is -0.162. The van der Waals surface area contributed by atoms with E-state index in [1.54, 1.807) is 13.2 Å². The van der Waals surface area contributed by atoms with Gasteiger partial charge in [0.25, 0.3) is 0 Å². The van der Waals surface area contributed by atoms with E-state index in [-0.39, 0.29) is 18.5 Å². The zero-order chi connectivity index (χ0) is 32.1. The summed E-state index contributed by atoms with van der Waals surface area (Å²) in [6.07, 6.45) is 2.96. The number of rotatable bonds is 13. The van der Waals surface area contributed by atoms with Crippen LogP contribution in [0, 0.1) is 18.7 Å². The number of carbonyl (C=O) groups is 1. The van der Waals surface area contributed by atoms with Gasteiger partial charge < -0.3 is 24.2 Å². The highest BCUT2D eigenvalue weighted by Gasteiger charge is 2.36. The fraction of sp³-hybridized carbons (Fsp3) is 0.529. The highest BCUT2D eigenvalue weighted by Crippen LogP contribution is 2.39. The molecule has 2 aliphatic rings. The number of carboxylic acids is 1. The molecule has 0 aliphatic carbocycles. The van der Waals surface area contributed by atoms with Gasteiger partial charge in [-0.3, -0.25) is 9.69 Å². The van der Waals surface area contributed by atoms with Gasteiger partial charge in [0.15, 0.2) is 5.13 Å². The standard InChI is InChI=1S/C34H43FIN3O5S/c1-5-23(10-13-36)38-14-11-24-27(17-38)29(42-4)16-22(31(24)35)19-44-32-21(3)8-7-9-25(32)28-20-45-34(37-28)39-15-12-26(33(40)41)30(18-39)43-6-2/h7-9,16,20,23,26,30H,5-6,10-15,17-19H2,1-4H3,(H,40,41)/t23?,26-,30+/m0/s1. The Bertz CT molecular complexity index is 1490. The van der Waals surface area contributed by atoms with Crippen LogP contribution < -0.4 is 14.4 Å². The maximum Gasteiger partial charge on any atom is 0.309 e. The zero-order valence-corrected chi connectivity index (χ0v) is 29.5. The Balaban J connectivity index is 1.35. The number of benzene rings is 2. The molecule has 1 saturated heterocycles. The first kappa shape index (κ1) is 33.9. The van der Waals surface area contributed by atoms with E-state index in [1.807, 2.05) is 37.4 Å². The van der Waals surface area contributed by atoms with Crippen LogP contribution in [0.2, 0.25) is 0 Å². The van der Waals surface area contributed by atoms with Crippen LogP contribution in [-0.2, 0) is 29.1 Å². The second kappa shape index (κ2) is 15.4. The molecule has 0 amide bonds. The number of ether oxygens (including phenoxy) is 3. The molecule has 2 aromatic carbocycles. The number of para-hydroxylation sites is 1. The van der Waals surface area contributed by atoms with E-state index in [0.29, 0.717) is 62.2 Å². The maximum atomic E-state index is 16.0. The third-order valence-corrected chi connectivity index (χ3v) is 10.6. The molecule has 3 heterocycles. The molecule has 1 N–H and O–H groups in total. The van der Waals surface area contributed by atoms with Crippen molar-refractivity contribution in [3.8, 4) is 22.8 Å². The summed E-state index contributed by atoms with van der Waals surface area (Å²) in [5, 5.41) is 12.4. The van der Waals surface area contributed by atoms with Crippen molar-refractivity contribution in [2.75, 3.05) is 42.7 Å². The van der Waals surface area contributed by atoms with Gasteiger partial charge in [0.05, 0.1) is 24.8 Å². The SMILES string of the molecule is CCO[C@@H]1CN(c2nc(-c3cccc(C)c3OCc3cc(OC)c4c(c3F)CCN(C(CC)CCI)C4)cs2)CC[C@@H]1C(=O)O. The molecule has 3 atom stereocenters. The zero-order valence-electron chi connectivity index (χ0n) is 26.5. The lowest BCUT2D eigenvalue weighted by Gasteiger charge is -2.36. The van der Waals surface area contributed by atoms with Crippen LogP contribution in [0.15, 0.2) is 29.6 Å². The first-order valence-corrected chi connectivity index (χ1v) is 18.1. The van der Waals surface area contributed by atoms with Gasteiger partial charge in [0.1, 0.15) is 23.9 Å². The second-order valence-corrected chi connectivity index (χ2v) is 13.6. The van der Waals surface area contributed by atoms with Crippen molar-refractivity contribution in [1.82, 2.24) is 9.88 Å². The third kappa shape index (κ3) is 7.41. The van der Waals surface area contributed by atoms with Crippen LogP contribution in [0.4, 0.5) is 9.52 Å². The Morgan fingerprint density at radius 3 is 2.80 bits per heavy atom. The average molecular weight is 752 g/mol. The predicted molar refractivity (Wildman–Crippen MR) is 185 cm³/mol. The normalized spacial score (nSPS) is 19.3. The lowest BCUT2D eigenvalue weighted by atomic mass is 9.93. The molecule has 8 nitrogen and oxygen atoms in total. The number of nitrogens with zero attached hydrogens (tertiary/aromatic N) is 3. The molecule has 45 heavy (non-hydrogen) atoms. The number of aromatic nitrogens is 1. The summed E-state index contributed by atoms with van der Waals surface area (Å²) in [4.78, 5) is 21.2. The number of carboxylic acid groups (broad SMARTS) is 1. The first-order valence-electron chi connectivity index (χ1n) is 15.7. The molecule has 11 heteroatoms. The van der Waals surface area contributed by atoms with Crippen LogP contribution in [0.1, 0.15) is 55.4 Å². The number of aryl methyl sites for hydroxylation is 1. The molecule has 0 bridgehead atoms. The molecule has 1 aromatic heterocycles. The second-order valence-electron chi connectivity index (χ2n) is 11.7. The van der Waals surface area contributed by atoms with Gasteiger partial charge in [0, 0.05) is 65.3 Å². The number of hydrogen-bond acceptors (Lipinski definition) is 8. The molecule has 2 aliphatic heterocycles. The minimum atomic E-state index is -0.818. The highest BCUT2D eigenvalue weighted by molar-refractivity contribution is 14.1. The molecule has 1 fully saturated rings. The number of fused-ring (bicyclic) bond motifs is 1. The lowest BCUT2D eigenvalue weighted by molar-refractivity contribution is -0.148. The predicted octanol–water partition coefficient (Wildman–Crippen LogP) is 7.12. The van der Waals surface area contributed by atoms with E-state index < -0.39 is 11.9 Å². The number of piperidine rings is 1. The molecule has 5 rings (SSSR count). The Kier molecular flexibility index (Phi) is 11.6. The van der Waals surface area contributed by atoms with Crippen molar-refractivity contribution in [3.05, 3.63) is 57.7 Å². The van der Waals surface area contributed by atoms with Crippen molar-refractivity contribution in [1.29, 1.82) is 0 Å². The Hall–Kier alpha value is -2.48. The van der Waals surface area contributed by atoms with E-state index in [4.69, 9.17) is 19.2 Å². The van der Waals surface area contributed by atoms with Crippen LogP contribution in [-0.4, -0.2) is 70.9 Å². The van der Waals surface area contributed by atoms with Crippen molar-refractivity contribution < 1.29 is 28.5 Å². The molecule has 0 saturated carbocycles. The van der Waals surface area contributed by atoms with Crippen molar-refractivity contribution in [2.24, 2.45) is 5.92 Å². The third-order valence-electron chi connectivity index (χ3n) is 9.05. The van der Waals surface area contributed by atoms with Gasteiger partial charge in [0.2, 0.25) is 0 Å². The molecular formula is C34H43FIN3O5S. The number of anilines is 1. The van der Waals surface area contributed by atoms with Gasteiger partial charge >= 0.3 is 5.97 Å². The number of alkyl halides is 1. The molecule has 0 radical (unpaired) electrons. The minimum Gasteiger partial charge on any atom is -0.496 e. The Morgan fingerprint density at radius 2 is 2.09 bits per heavy atom. The van der Waals surface area contributed by atoms with Crippen LogP contribution in [0.5, 0.6) is 11.5 Å². The van der Waals surface area contributed by atoms with Crippen LogP contribution in [0.3, 0.4) is 0 Å². The van der Waals surface area contributed by atoms with E-state index in [0.717, 1.165) is 56.9 Å². The largest absolute Gasteiger partial charge is 0.496 e. The Labute approximate surface area is 283 Å². The molecule has 3 aromatic rings. The van der Waals surface area contributed by atoms with Gasteiger partial charge in [-0.2, -0.15) is 0 Å². The summed E-state index contributed by atoms with van der Waals surface area (Å²) in [5.41, 5.74) is 4.70. The quantitative estimate of drug-likeness (QED) is 0.146. The summed E-state index contributed by atoms with van der Waals surface area (Å²) in [6.45, 7) is 9.21. The number of aliphatic carboxylic acids is 1. The first-order chi connectivity index (χ1) is 21.8. The molecular weight excluding hydrogens is 708 g/mol. The van der Waals surface area contributed by atoms with Crippen molar-refractivity contribution in [2.45, 2.75) is 71.8 Å². The van der Waals surface area contributed by atoms with E-state index in [2.05, 4.69) is 39.3 Å². The monoisotopic (exact) mass is 751 g/mol. The van der Waals surface area contributed by atoms with Crippen molar-refractivity contribution in [3.63, 3.8) is 0 Å². The van der Waals surface area contributed by atoms with Gasteiger partial charge in [-0.15, -0.1) is 11.3 Å². The number of halogens is 2. The van der Waals surface area contributed by atoms with Crippen LogP contribution >= 0.6 is 33.9 Å². The molecule has 244 valence electrons. The highest BCUT2D eigenvalue weighted by atomic mass is 127. The topological polar surface area (TPSA) is 84.4 Å². The van der Waals surface area contributed by atoms with Gasteiger partial charge in [-0.1, -0.05) is 41.6 Å². The summed E-state index contributed by atoms with van der Waals surface area (Å²) in [6, 6.07) is 8.20. The van der Waals surface area contributed by atoms with Gasteiger partial charge in [-0.05, 0) is 62.8 Å². The summed E-state index contributed by atoms with van der Waals surface area (Å²) in [7, 11) is 1.65. The number of hydrogen-bond donors (Lipinski definition) is 1. The number of thiazole rings is 1. The minimum absolute atomic E-state index is 0.0686. The van der Waals surface area contributed by atoms with Crippen molar-refractivity contribution >= 4 is 45.0 Å². The van der Waals surface area contributed by atoms with E-state index >= 15 is 4.39 Å². The van der Waals surface area contributed by atoms with E-state index in [9.17, 15) is 9.90 Å². The summed E-state index contributed by atoms with van der Waals surface area (Å²) < 4.78 is 35.1. The van der Waals surface area contributed by atoms with E-state index in [1.165, 1.54) is 11.3 Å². The maximum absolute atomic E-state index is 16.0. The van der Waals surface area contributed by atoms with Crippen LogP contribution in [0.25, 0.3) is 11.3 Å². The molecule has 0 spiro atoms. The fourth-order valence-corrected chi connectivity index (χ4v) is 8.19. The van der Waals surface area contributed by atoms with Gasteiger partial charge in [-0.25, -0.2) is 9.37 Å². The number of methoxy groups -OCH3 is 1. The smallest absolute Gasteiger partial charge is 0.309 e. The summed E-state index contributed by atoms with van der Waals surface area (Å²) >= 11 is 3.95.